The fourth-order valence-electron chi connectivity index (χ4n) is 5.32. The lowest BCUT2D eigenvalue weighted by Gasteiger charge is -2.31. The fraction of sp³-hybridized carbons (Fsp3) is 0.417. The molecule has 1 aliphatic heterocycles. The zero-order valence-electron chi connectivity index (χ0n) is 28.9. The second-order valence-electron chi connectivity index (χ2n) is 12.4. The number of carbonyl (C=O) groups excluding carboxylic acids is 2. The number of aliphatic imine (C=N–C) groups is 1. The standard InChI is InChI=1S/C36H43Cl2N3O9/c1-35(2,3)50-31(43)14-15-36(34(44)41-39-21-27-29(46-5)19-25(45-4)20-30(27)47-6)32(26-13-10-23(37)18-28(26)38)49-33(40-36)22-8-11-24(12-9-22)48-17-7-16-42/h8-13,18-20,32,39,42H,7,14-17,21H2,1-6H3,(H,41,44)/t32-,36-/m0/s1. The summed E-state index contributed by atoms with van der Waals surface area (Å²) < 4.78 is 34.2. The minimum atomic E-state index is -1.71. The first-order chi connectivity index (χ1) is 23.8. The second-order valence-corrected chi connectivity index (χ2v) is 13.2. The molecule has 3 N–H and O–H groups in total. The van der Waals surface area contributed by atoms with E-state index in [-0.39, 0.29) is 36.9 Å². The minimum absolute atomic E-state index is 0.0147. The number of rotatable bonds is 16. The lowest BCUT2D eigenvalue weighted by Crippen LogP contribution is -2.52. The van der Waals surface area contributed by atoms with Crippen molar-refractivity contribution in [3.8, 4) is 23.0 Å². The number of benzene rings is 3. The highest BCUT2D eigenvalue weighted by molar-refractivity contribution is 6.35. The van der Waals surface area contributed by atoms with Crippen molar-refractivity contribution in [2.75, 3.05) is 34.5 Å². The molecular formula is C36H43Cl2N3O9. The van der Waals surface area contributed by atoms with Crippen LogP contribution < -0.4 is 29.8 Å². The zero-order valence-corrected chi connectivity index (χ0v) is 30.4. The lowest BCUT2D eigenvalue weighted by atomic mass is 9.83. The van der Waals surface area contributed by atoms with Crippen LogP contribution in [0, 0.1) is 0 Å². The number of hydrogen-bond acceptors (Lipinski definition) is 11. The molecule has 0 unspecified atom stereocenters. The maximum Gasteiger partial charge on any atom is 0.306 e. The molecule has 12 nitrogen and oxygen atoms in total. The number of methoxy groups -OCH3 is 3. The monoisotopic (exact) mass is 731 g/mol. The third-order valence-corrected chi connectivity index (χ3v) is 8.25. The number of amides is 1. The molecule has 270 valence electrons. The van der Waals surface area contributed by atoms with Gasteiger partial charge in [0.05, 0.1) is 33.5 Å². The molecule has 0 bridgehead atoms. The molecule has 14 heteroatoms. The Morgan fingerprint density at radius 3 is 2.22 bits per heavy atom. The van der Waals surface area contributed by atoms with Crippen LogP contribution in [0.5, 0.6) is 23.0 Å². The Hall–Kier alpha value is -4.23. The van der Waals surface area contributed by atoms with Crippen LogP contribution in [-0.4, -0.2) is 68.6 Å². The normalized spacial score (nSPS) is 17.0. The first kappa shape index (κ1) is 38.6. The van der Waals surface area contributed by atoms with E-state index in [0.29, 0.717) is 57.7 Å². The molecule has 0 aliphatic carbocycles. The molecule has 0 saturated carbocycles. The smallest absolute Gasteiger partial charge is 0.306 e. The van der Waals surface area contributed by atoms with Crippen molar-refractivity contribution >= 4 is 41.0 Å². The first-order valence-electron chi connectivity index (χ1n) is 15.9. The molecule has 0 saturated heterocycles. The van der Waals surface area contributed by atoms with Crippen LogP contribution in [0.25, 0.3) is 0 Å². The molecule has 0 spiro atoms. The van der Waals surface area contributed by atoms with Crippen molar-refractivity contribution in [3.63, 3.8) is 0 Å². The minimum Gasteiger partial charge on any atom is -0.496 e. The molecule has 1 amide bonds. The summed E-state index contributed by atoms with van der Waals surface area (Å²) in [6.07, 6.45) is -0.843. The number of hydrogen-bond donors (Lipinski definition) is 3. The van der Waals surface area contributed by atoms with Gasteiger partial charge in [0.25, 0.3) is 5.91 Å². The molecule has 1 aliphatic rings. The molecule has 4 rings (SSSR count). The average Bonchev–Trinajstić information content (AvgIpc) is 3.47. The highest BCUT2D eigenvalue weighted by Crippen LogP contribution is 2.46. The number of aliphatic hydroxyl groups excluding tert-OH is 1. The van der Waals surface area contributed by atoms with Crippen LogP contribution in [0.2, 0.25) is 10.0 Å². The fourth-order valence-corrected chi connectivity index (χ4v) is 5.83. The van der Waals surface area contributed by atoms with Crippen molar-refractivity contribution in [2.24, 2.45) is 4.99 Å². The molecule has 0 aromatic heterocycles. The summed E-state index contributed by atoms with van der Waals surface area (Å²) in [5, 5.41) is 9.72. The topological polar surface area (TPSA) is 146 Å². The molecular weight excluding hydrogens is 689 g/mol. The van der Waals surface area contributed by atoms with E-state index in [1.807, 2.05) is 0 Å². The van der Waals surface area contributed by atoms with Gasteiger partial charge in [-0.1, -0.05) is 29.3 Å². The van der Waals surface area contributed by atoms with E-state index in [0.717, 1.165) is 0 Å². The summed E-state index contributed by atoms with van der Waals surface area (Å²) in [7, 11) is 4.57. The van der Waals surface area contributed by atoms with Gasteiger partial charge in [-0.2, -0.15) is 0 Å². The van der Waals surface area contributed by atoms with Crippen molar-refractivity contribution in [3.05, 3.63) is 81.3 Å². The average molecular weight is 733 g/mol. The summed E-state index contributed by atoms with van der Waals surface area (Å²) in [5.74, 6) is 1.11. The number of carbonyl (C=O) groups is 2. The van der Waals surface area contributed by atoms with Gasteiger partial charge >= 0.3 is 5.97 Å². The molecule has 0 fully saturated rings. The summed E-state index contributed by atoms with van der Waals surface area (Å²) in [6.45, 7) is 5.75. The van der Waals surface area contributed by atoms with Crippen molar-refractivity contribution in [2.45, 2.75) is 63.8 Å². The Morgan fingerprint density at radius 2 is 1.64 bits per heavy atom. The number of aliphatic hydroxyl groups is 1. The summed E-state index contributed by atoms with van der Waals surface area (Å²) in [5.41, 5.74) is 4.91. The van der Waals surface area contributed by atoms with Gasteiger partial charge in [-0.05, 0) is 63.6 Å². The van der Waals surface area contributed by atoms with Crippen molar-refractivity contribution < 1.29 is 43.1 Å². The van der Waals surface area contributed by atoms with Gasteiger partial charge in [0.1, 0.15) is 28.6 Å². The highest BCUT2D eigenvalue weighted by Gasteiger charge is 2.54. The third kappa shape index (κ3) is 9.51. The highest BCUT2D eigenvalue weighted by atomic mass is 35.5. The Bertz CT molecular complexity index is 1650. The van der Waals surface area contributed by atoms with Crippen LogP contribution >= 0.6 is 23.2 Å². The third-order valence-electron chi connectivity index (χ3n) is 7.69. The lowest BCUT2D eigenvalue weighted by molar-refractivity contribution is -0.155. The molecule has 0 radical (unpaired) electrons. The van der Waals surface area contributed by atoms with E-state index in [9.17, 15) is 9.59 Å². The van der Waals surface area contributed by atoms with E-state index >= 15 is 0 Å². The quantitative estimate of drug-likeness (QED) is 0.0914. The Morgan fingerprint density at radius 1 is 0.960 bits per heavy atom. The van der Waals surface area contributed by atoms with Crippen LogP contribution in [0.4, 0.5) is 0 Å². The van der Waals surface area contributed by atoms with Gasteiger partial charge in [0, 0.05) is 59.3 Å². The molecule has 3 aromatic rings. The first-order valence-corrected chi connectivity index (χ1v) is 16.7. The van der Waals surface area contributed by atoms with Crippen LogP contribution in [0.15, 0.2) is 59.6 Å². The van der Waals surface area contributed by atoms with Crippen LogP contribution in [0.1, 0.15) is 62.8 Å². The summed E-state index contributed by atoms with van der Waals surface area (Å²) in [4.78, 5) is 32.5. The van der Waals surface area contributed by atoms with Gasteiger partial charge < -0.3 is 33.5 Å². The van der Waals surface area contributed by atoms with Gasteiger partial charge in [-0.3, -0.25) is 15.0 Å². The van der Waals surface area contributed by atoms with E-state index in [1.165, 1.54) is 21.3 Å². The van der Waals surface area contributed by atoms with Crippen molar-refractivity contribution in [1.82, 2.24) is 10.9 Å². The van der Waals surface area contributed by atoms with Crippen LogP contribution in [-0.2, 0) is 25.6 Å². The van der Waals surface area contributed by atoms with E-state index < -0.39 is 29.1 Å². The molecule has 50 heavy (non-hydrogen) atoms. The van der Waals surface area contributed by atoms with Gasteiger partial charge in [-0.25, -0.2) is 10.4 Å². The molecule has 2 atom stereocenters. The van der Waals surface area contributed by atoms with E-state index in [4.69, 9.17) is 61.7 Å². The number of esters is 1. The van der Waals surface area contributed by atoms with E-state index in [1.54, 1.807) is 75.4 Å². The summed E-state index contributed by atoms with van der Waals surface area (Å²) >= 11 is 13.0. The Balaban J connectivity index is 1.74. The molecule has 1 heterocycles. The maximum atomic E-state index is 14.5. The number of halogens is 2. The van der Waals surface area contributed by atoms with E-state index in [2.05, 4.69) is 10.9 Å². The van der Waals surface area contributed by atoms with Gasteiger partial charge in [0.15, 0.2) is 11.6 Å². The maximum absolute atomic E-state index is 14.5. The number of ether oxygens (including phenoxy) is 6. The molecule has 3 aromatic carbocycles. The summed E-state index contributed by atoms with van der Waals surface area (Å²) in [6, 6.07) is 15.2. The van der Waals surface area contributed by atoms with Crippen molar-refractivity contribution in [1.29, 1.82) is 0 Å². The second kappa shape index (κ2) is 17.1. The zero-order chi connectivity index (χ0) is 36.5. The predicted molar refractivity (Wildman–Crippen MR) is 189 cm³/mol. The van der Waals surface area contributed by atoms with Crippen LogP contribution in [0.3, 0.4) is 0 Å². The Labute approximate surface area is 301 Å². The number of hydrazine groups is 1. The number of nitrogens with one attached hydrogen (secondary N) is 2. The van der Waals surface area contributed by atoms with Gasteiger partial charge in [0.2, 0.25) is 5.90 Å². The largest absolute Gasteiger partial charge is 0.496 e. The number of nitrogens with zero attached hydrogens (tertiary/aromatic N) is 1. The Kier molecular flexibility index (Phi) is 13.2. The van der Waals surface area contributed by atoms with Gasteiger partial charge in [-0.15, -0.1) is 0 Å². The predicted octanol–water partition coefficient (Wildman–Crippen LogP) is 5.98. The SMILES string of the molecule is COc1cc(OC)c(CNNC(=O)[C@@]2(CCC(=O)OC(C)(C)C)N=C(c3ccc(OCCCO)cc3)O[C@H]2c2ccc(Cl)cc2Cl)c(OC)c1.